The smallest absolute Gasteiger partial charge is 0.206 e. The summed E-state index contributed by atoms with van der Waals surface area (Å²) in [6.07, 6.45) is 1.65. The molecule has 2 aromatic rings. The van der Waals surface area contributed by atoms with E-state index in [0.717, 1.165) is 18.4 Å². The number of nitrogens with zero attached hydrogens (tertiary/aromatic N) is 2. The predicted octanol–water partition coefficient (Wildman–Crippen LogP) is 2.67. The average molecular weight is 356 g/mol. The molecule has 1 unspecified atom stereocenters. The van der Waals surface area contributed by atoms with Gasteiger partial charge >= 0.3 is 0 Å². The molecule has 0 aliphatic carbocycles. The van der Waals surface area contributed by atoms with Gasteiger partial charge in [0.1, 0.15) is 11.9 Å². The Hall–Kier alpha value is -2.36. The molecule has 0 aromatic heterocycles. The fraction of sp³-hybridized carbons (Fsp3) is 0.316. The van der Waals surface area contributed by atoms with Crippen LogP contribution in [0, 0.1) is 11.3 Å². The molecular weight excluding hydrogens is 336 g/mol. The average Bonchev–Trinajstić information content (AvgIpc) is 2.62. The molecule has 1 aliphatic rings. The first-order chi connectivity index (χ1) is 12.0. The molecule has 0 amide bonds. The maximum absolute atomic E-state index is 12.8. The van der Waals surface area contributed by atoms with Crippen LogP contribution in [0.15, 0.2) is 58.3 Å². The zero-order valence-corrected chi connectivity index (χ0v) is 14.9. The van der Waals surface area contributed by atoms with Gasteiger partial charge in [0.05, 0.1) is 22.4 Å². The molecule has 0 bridgehead atoms. The maximum atomic E-state index is 12.8. The standard InChI is InChI=1S/C19H20N2O3S/c1-21(12-11-20)14-16-9-7-15-8-10-18(13-19(15)24-16)25(22,23)17-5-3-2-4-6-17/h2-6,8,10,13,16H,7,9,12,14H2,1H3. The minimum Gasteiger partial charge on any atom is -0.489 e. The van der Waals surface area contributed by atoms with E-state index in [2.05, 4.69) is 6.07 Å². The minimum atomic E-state index is -3.56. The Morgan fingerprint density at radius 3 is 2.68 bits per heavy atom. The van der Waals surface area contributed by atoms with Crippen molar-refractivity contribution in [1.82, 2.24) is 4.90 Å². The summed E-state index contributed by atoms with van der Waals surface area (Å²) in [4.78, 5) is 2.42. The quantitative estimate of drug-likeness (QED) is 0.770. The summed E-state index contributed by atoms with van der Waals surface area (Å²) in [6.45, 7) is 0.984. The van der Waals surface area contributed by atoms with Crippen LogP contribution in [0.1, 0.15) is 12.0 Å². The van der Waals surface area contributed by atoms with Crippen LogP contribution >= 0.6 is 0 Å². The van der Waals surface area contributed by atoms with E-state index in [1.807, 2.05) is 18.0 Å². The number of fused-ring (bicyclic) bond motifs is 1. The zero-order chi connectivity index (χ0) is 17.9. The predicted molar refractivity (Wildman–Crippen MR) is 94.2 cm³/mol. The maximum Gasteiger partial charge on any atom is 0.206 e. The second kappa shape index (κ2) is 7.26. The number of aryl methyl sites for hydroxylation is 1. The first-order valence-electron chi connectivity index (χ1n) is 8.16. The molecule has 5 nitrogen and oxygen atoms in total. The van der Waals surface area contributed by atoms with Gasteiger partial charge in [-0.05, 0) is 49.7 Å². The van der Waals surface area contributed by atoms with E-state index in [1.165, 1.54) is 0 Å². The summed E-state index contributed by atoms with van der Waals surface area (Å²) in [7, 11) is -1.68. The van der Waals surface area contributed by atoms with Crippen molar-refractivity contribution in [2.75, 3.05) is 20.1 Å². The molecule has 2 aromatic carbocycles. The molecule has 130 valence electrons. The van der Waals surface area contributed by atoms with Crippen molar-refractivity contribution in [3.8, 4) is 11.8 Å². The Kier molecular flexibility index (Phi) is 5.07. The van der Waals surface area contributed by atoms with E-state index in [4.69, 9.17) is 10.00 Å². The number of benzene rings is 2. The molecule has 1 heterocycles. The molecule has 0 N–H and O–H groups in total. The second-order valence-electron chi connectivity index (χ2n) is 6.22. The zero-order valence-electron chi connectivity index (χ0n) is 14.1. The van der Waals surface area contributed by atoms with Gasteiger partial charge in [-0.2, -0.15) is 5.26 Å². The van der Waals surface area contributed by atoms with Crippen LogP contribution in [-0.4, -0.2) is 39.6 Å². The molecule has 1 aliphatic heterocycles. The first kappa shape index (κ1) is 17.5. The van der Waals surface area contributed by atoms with Gasteiger partial charge in [-0.25, -0.2) is 8.42 Å². The first-order valence-corrected chi connectivity index (χ1v) is 9.64. The van der Waals surface area contributed by atoms with Crippen molar-refractivity contribution in [3.05, 3.63) is 54.1 Å². The highest BCUT2D eigenvalue weighted by Crippen LogP contribution is 2.32. The Morgan fingerprint density at radius 2 is 1.96 bits per heavy atom. The topological polar surface area (TPSA) is 70.4 Å². The van der Waals surface area contributed by atoms with E-state index >= 15 is 0 Å². The van der Waals surface area contributed by atoms with E-state index in [-0.39, 0.29) is 15.9 Å². The van der Waals surface area contributed by atoms with Crippen molar-refractivity contribution in [3.63, 3.8) is 0 Å². The molecule has 0 saturated heterocycles. The van der Waals surface area contributed by atoms with Gasteiger partial charge in [0.2, 0.25) is 9.84 Å². The summed E-state index contributed by atoms with van der Waals surface area (Å²) in [6, 6.07) is 15.6. The van der Waals surface area contributed by atoms with Gasteiger partial charge in [0.25, 0.3) is 0 Å². The number of nitriles is 1. The van der Waals surface area contributed by atoms with Crippen molar-refractivity contribution in [1.29, 1.82) is 5.26 Å². The minimum absolute atomic E-state index is 0.0412. The van der Waals surface area contributed by atoms with E-state index in [1.54, 1.807) is 42.5 Å². The summed E-state index contributed by atoms with van der Waals surface area (Å²) in [5.74, 6) is 0.624. The number of hydrogen-bond donors (Lipinski definition) is 0. The highest BCUT2D eigenvalue weighted by Gasteiger charge is 2.24. The lowest BCUT2D eigenvalue weighted by molar-refractivity contribution is 0.132. The number of hydrogen-bond acceptors (Lipinski definition) is 5. The number of sulfone groups is 1. The number of rotatable bonds is 5. The van der Waals surface area contributed by atoms with Crippen LogP contribution in [0.25, 0.3) is 0 Å². The largest absolute Gasteiger partial charge is 0.489 e. The lowest BCUT2D eigenvalue weighted by Crippen LogP contribution is -2.35. The Balaban J connectivity index is 1.84. The molecule has 6 heteroatoms. The van der Waals surface area contributed by atoms with E-state index < -0.39 is 9.84 Å². The summed E-state index contributed by atoms with van der Waals surface area (Å²) in [5.41, 5.74) is 1.02. The Bertz CT molecular complexity index is 889. The van der Waals surface area contributed by atoms with Crippen LogP contribution in [0.3, 0.4) is 0 Å². The number of likely N-dealkylation sites (N-methyl/N-ethyl adjacent to an activating group) is 1. The van der Waals surface area contributed by atoms with Gasteiger partial charge in [0.15, 0.2) is 0 Å². The highest BCUT2D eigenvalue weighted by atomic mass is 32.2. The van der Waals surface area contributed by atoms with Gasteiger partial charge in [-0.15, -0.1) is 0 Å². The summed E-state index contributed by atoms with van der Waals surface area (Å²) >= 11 is 0. The molecule has 0 saturated carbocycles. The fourth-order valence-corrected chi connectivity index (χ4v) is 4.27. The van der Waals surface area contributed by atoms with Crippen molar-refractivity contribution < 1.29 is 13.2 Å². The summed E-state index contributed by atoms with van der Waals surface area (Å²) in [5, 5.41) is 8.76. The molecular formula is C19H20N2O3S. The fourth-order valence-electron chi connectivity index (χ4n) is 2.97. The van der Waals surface area contributed by atoms with Crippen LogP contribution < -0.4 is 4.74 Å². The van der Waals surface area contributed by atoms with Crippen LogP contribution in [0.5, 0.6) is 5.75 Å². The van der Waals surface area contributed by atoms with E-state index in [0.29, 0.717) is 18.8 Å². The number of ether oxygens (including phenoxy) is 1. The second-order valence-corrected chi connectivity index (χ2v) is 8.17. The molecule has 0 fully saturated rings. The monoisotopic (exact) mass is 356 g/mol. The van der Waals surface area contributed by atoms with Crippen LogP contribution in [0.4, 0.5) is 0 Å². The molecule has 0 radical (unpaired) electrons. The SMILES string of the molecule is CN(CC#N)CC1CCc2ccc(S(=O)(=O)c3ccccc3)cc2O1. The normalized spacial score (nSPS) is 16.8. The van der Waals surface area contributed by atoms with E-state index in [9.17, 15) is 8.42 Å². The third-order valence-electron chi connectivity index (χ3n) is 4.29. The highest BCUT2D eigenvalue weighted by molar-refractivity contribution is 7.91. The van der Waals surface area contributed by atoms with Crippen molar-refractivity contribution in [2.45, 2.75) is 28.7 Å². The lowest BCUT2D eigenvalue weighted by Gasteiger charge is -2.29. The van der Waals surface area contributed by atoms with Crippen molar-refractivity contribution >= 4 is 9.84 Å². The third-order valence-corrected chi connectivity index (χ3v) is 6.05. The van der Waals surface area contributed by atoms with Gasteiger partial charge in [0, 0.05) is 6.54 Å². The van der Waals surface area contributed by atoms with Crippen molar-refractivity contribution in [2.24, 2.45) is 0 Å². The third kappa shape index (κ3) is 3.84. The Morgan fingerprint density at radius 1 is 1.20 bits per heavy atom. The van der Waals surface area contributed by atoms with Gasteiger partial charge < -0.3 is 4.74 Å². The van der Waals surface area contributed by atoms with Crippen LogP contribution in [-0.2, 0) is 16.3 Å². The Labute approximate surface area is 148 Å². The van der Waals surface area contributed by atoms with Gasteiger partial charge in [-0.3, -0.25) is 4.90 Å². The summed E-state index contributed by atoms with van der Waals surface area (Å²) < 4.78 is 31.5. The lowest BCUT2D eigenvalue weighted by atomic mass is 10.0. The molecule has 0 spiro atoms. The molecule has 3 rings (SSSR count). The van der Waals surface area contributed by atoms with Crippen LogP contribution in [0.2, 0.25) is 0 Å². The van der Waals surface area contributed by atoms with Gasteiger partial charge in [-0.1, -0.05) is 24.3 Å². The molecule has 25 heavy (non-hydrogen) atoms. The molecule has 1 atom stereocenters.